The van der Waals surface area contributed by atoms with Gasteiger partial charge >= 0.3 is 0 Å². The number of hydrogen-bond acceptors (Lipinski definition) is 4. The fourth-order valence-corrected chi connectivity index (χ4v) is 1.78. The molecule has 0 bridgehead atoms. The Kier molecular flexibility index (Phi) is 2.64. The number of nitrogens with zero attached hydrogens (tertiary/aromatic N) is 4. The van der Waals surface area contributed by atoms with E-state index in [1.165, 1.54) is 5.56 Å². The minimum absolute atomic E-state index is 0.751. The normalized spacial score (nSPS) is 10.7. The predicted molar refractivity (Wildman–Crippen MR) is 69.3 cm³/mol. The zero-order chi connectivity index (χ0) is 12.4. The Labute approximate surface area is 104 Å². The third kappa shape index (κ3) is 2.02. The number of hydrogen-bond donors (Lipinski definition) is 1. The van der Waals surface area contributed by atoms with Crippen LogP contribution in [0.15, 0.2) is 42.5 Å². The van der Waals surface area contributed by atoms with E-state index >= 15 is 0 Å². The second kappa shape index (κ2) is 4.44. The van der Waals surface area contributed by atoms with Crippen LogP contribution in [0, 0.1) is 6.92 Å². The maximum Gasteiger partial charge on any atom is 0.178 e. The second-order valence-electron chi connectivity index (χ2n) is 4.07. The highest BCUT2D eigenvalue weighted by Gasteiger charge is 2.02. The SMILES string of the molecule is Cc1nnc2ccc(NCc3ccccc3)nn12. The summed E-state index contributed by atoms with van der Waals surface area (Å²) in [4.78, 5) is 0. The van der Waals surface area contributed by atoms with Crippen molar-refractivity contribution in [1.29, 1.82) is 0 Å². The molecule has 0 atom stereocenters. The maximum atomic E-state index is 4.43. The Morgan fingerprint density at radius 1 is 1.06 bits per heavy atom. The fourth-order valence-electron chi connectivity index (χ4n) is 1.78. The van der Waals surface area contributed by atoms with Crippen LogP contribution in [-0.2, 0) is 6.54 Å². The summed E-state index contributed by atoms with van der Waals surface area (Å²) in [5, 5.41) is 15.7. The quantitative estimate of drug-likeness (QED) is 0.760. The second-order valence-corrected chi connectivity index (χ2v) is 4.07. The van der Waals surface area contributed by atoms with Gasteiger partial charge in [-0.05, 0) is 24.6 Å². The van der Waals surface area contributed by atoms with Crippen molar-refractivity contribution in [2.45, 2.75) is 13.5 Å². The van der Waals surface area contributed by atoms with E-state index in [2.05, 4.69) is 32.7 Å². The number of aryl methyl sites for hydroxylation is 1. The van der Waals surface area contributed by atoms with E-state index in [4.69, 9.17) is 0 Å². The molecular formula is C13H13N5. The molecule has 3 rings (SSSR count). The first-order valence-electron chi connectivity index (χ1n) is 5.80. The molecule has 0 amide bonds. The van der Waals surface area contributed by atoms with Crippen LogP contribution in [0.25, 0.3) is 5.65 Å². The average molecular weight is 239 g/mol. The predicted octanol–water partition coefficient (Wildman–Crippen LogP) is 2.04. The van der Waals surface area contributed by atoms with Crippen molar-refractivity contribution in [3.63, 3.8) is 0 Å². The lowest BCUT2D eigenvalue weighted by atomic mass is 10.2. The van der Waals surface area contributed by atoms with E-state index in [9.17, 15) is 0 Å². The molecule has 1 N–H and O–H groups in total. The van der Waals surface area contributed by atoms with Crippen LogP contribution < -0.4 is 5.32 Å². The molecule has 5 nitrogen and oxygen atoms in total. The first-order chi connectivity index (χ1) is 8.83. The average Bonchev–Trinajstić information content (AvgIpc) is 2.79. The summed E-state index contributed by atoms with van der Waals surface area (Å²) in [6.07, 6.45) is 0. The van der Waals surface area contributed by atoms with E-state index in [1.807, 2.05) is 37.3 Å². The number of anilines is 1. The number of rotatable bonds is 3. The van der Waals surface area contributed by atoms with E-state index in [1.54, 1.807) is 4.52 Å². The van der Waals surface area contributed by atoms with Gasteiger partial charge < -0.3 is 5.32 Å². The van der Waals surface area contributed by atoms with Gasteiger partial charge in [-0.15, -0.1) is 15.3 Å². The van der Waals surface area contributed by atoms with Gasteiger partial charge in [-0.2, -0.15) is 4.52 Å². The van der Waals surface area contributed by atoms with Crippen molar-refractivity contribution >= 4 is 11.5 Å². The summed E-state index contributed by atoms with van der Waals surface area (Å²) in [5.74, 6) is 1.60. The van der Waals surface area contributed by atoms with E-state index in [0.29, 0.717) is 0 Å². The topological polar surface area (TPSA) is 55.1 Å². The minimum Gasteiger partial charge on any atom is -0.365 e. The maximum absolute atomic E-state index is 4.43. The van der Waals surface area contributed by atoms with Gasteiger partial charge in [0.15, 0.2) is 11.5 Å². The van der Waals surface area contributed by atoms with Gasteiger partial charge in [0.1, 0.15) is 5.82 Å². The minimum atomic E-state index is 0.751. The van der Waals surface area contributed by atoms with Crippen LogP contribution in [0.3, 0.4) is 0 Å². The number of nitrogens with one attached hydrogen (secondary N) is 1. The van der Waals surface area contributed by atoms with Crippen LogP contribution in [-0.4, -0.2) is 19.8 Å². The molecular weight excluding hydrogens is 226 g/mol. The lowest BCUT2D eigenvalue weighted by molar-refractivity contribution is 0.871. The number of fused-ring (bicyclic) bond motifs is 1. The van der Waals surface area contributed by atoms with Crippen molar-refractivity contribution in [1.82, 2.24) is 19.8 Å². The molecule has 5 heteroatoms. The third-order valence-corrected chi connectivity index (χ3v) is 2.74. The van der Waals surface area contributed by atoms with Crippen molar-refractivity contribution in [2.24, 2.45) is 0 Å². The van der Waals surface area contributed by atoms with Crippen molar-refractivity contribution < 1.29 is 0 Å². The first-order valence-corrected chi connectivity index (χ1v) is 5.80. The lowest BCUT2D eigenvalue weighted by Crippen LogP contribution is -2.04. The standard InChI is InChI=1S/C13H13N5/c1-10-15-16-13-8-7-12(17-18(10)13)14-9-11-5-3-2-4-6-11/h2-8H,9H2,1H3,(H,14,17). The summed E-state index contributed by atoms with van der Waals surface area (Å²) >= 11 is 0. The highest BCUT2D eigenvalue weighted by atomic mass is 15.4. The molecule has 0 fully saturated rings. The summed E-state index contributed by atoms with van der Waals surface area (Å²) in [5.41, 5.74) is 1.98. The Morgan fingerprint density at radius 3 is 2.72 bits per heavy atom. The monoisotopic (exact) mass is 239 g/mol. The molecule has 0 saturated heterocycles. The summed E-state index contributed by atoms with van der Waals surface area (Å²) in [6.45, 7) is 2.63. The molecule has 0 aliphatic rings. The smallest absolute Gasteiger partial charge is 0.178 e. The Balaban J connectivity index is 1.80. The van der Waals surface area contributed by atoms with Crippen LogP contribution >= 0.6 is 0 Å². The van der Waals surface area contributed by atoms with Gasteiger partial charge in [0.05, 0.1) is 0 Å². The molecule has 18 heavy (non-hydrogen) atoms. The van der Waals surface area contributed by atoms with Gasteiger partial charge in [0.2, 0.25) is 0 Å². The Morgan fingerprint density at radius 2 is 1.89 bits per heavy atom. The first kappa shape index (κ1) is 10.7. The fraction of sp³-hybridized carbons (Fsp3) is 0.154. The molecule has 0 unspecified atom stereocenters. The Hall–Kier alpha value is -2.43. The molecule has 0 spiro atoms. The van der Waals surface area contributed by atoms with E-state index in [0.717, 1.165) is 23.8 Å². The highest BCUT2D eigenvalue weighted by Crippen LogP contribution is 2.08. The van der Waals surface area contributed by atoms with Crippen molar-refractivity contribution in [3.8, 4) is 0 Å². The van der Waals surface area contributed by atoms with Crippen LogP contribution in [0.2, 0.25) is 0 Å². The van der Waals surface area contributed by atoms with Gasteiger partial charge in [0, 0.05) is 6.54 Å². The number of benzene rings is 1. The zero-order valence-electron chi connectivity index (χ0n) is 10.0. The zero-order valence-corrected chi connectivity index (χ0v) is 10.0. The van der Waals surface area contributed by atoms with Crippen molar-refractivity contribution in [3.05, 3.63) is 53.9 Å². The summed E-state index contributed by atoms with van der Waals surface area (Å²) in [7, 11) is 0. The van der Waals surface area contributed by atoms with Gasteiger partial charge in [-0.25, -0.2) is 0 Å². The largest absolute Gasteiger partial charge is 0.365 e. The van der Waals surface area contributed by atoms with Crippen LogP contribution in [0.5, 0.6) is 0 Å². The van der Waals surface area contributed by atoms with Crippen LogP contribution in [0.4, 0.5) is 5.82 Å². The lowest BCUT2D eigenvalue weighted by Gasteiger charge is -2.05. The molecule has 3 aromatic rings. The molecule has 0 saturated carbocycles. The van der Waals surface area contributed by atoms with Crippen LogP contribution in [0.1, 0.15) is 11.4 Å². The summed E-state index contributed by atoms with van der Waals surface area (Å²) < 4.78 is 1.73. The van der Waals surface area contributed by atoms with Crippen molar-refractivity contribution in [2.75, 3.05) is 5.32 Å². The molecule has 2 heterocycles. The third-order valence-electron chi connectivity index (χ3n) is 2.74. The highest BCUT2D eigenvalue weighted by molar-refractivity contribution is 5.44. The van der Waals surface area contributed by atoms with E-state index in [-0.39, 0.29) is 0 Å². The van der Waals surface area contributed by atoms with Gasteiger partial charge in [-0.1, -0.05) is 30.3 Å². The molecule has 0 radical (unpaired) electrons. The molecule has 0 aliphatic carbocycles. The Bertz CT molecular complexity index is 659. The molecule has 0 aliphatic heterocycles. The van der Waals surface area contributed by atoms with Gasteiger partial charge in [-0.3, -0.25) is 0 Å². The molecule has 90 valence electrons. The summed E-state index contributed by atoms with van der Waals surface area (Å²) in [6, 6.07) is 14.0. The molecule has 2 aromatic heterocycles. The van der Waals surface area contributed by atoms with E-state index < -0.39 is 0 Å². The molecule has 1 aromatic carbocycles. The number of aromatic nitrogens is 4. The van der Waals surface area contributed by atoms with Gasteiger partial charge in [0.25, 0.3) is 0 Å².